The van der Waals surface area contributed by atoms with Crippen molar-refractivity contribution in [3.63, 3.8) is 0 Å². The first kappa shape index (κ1) is 17.6. The summed E-state index contributed by atoms with van der Waals surface area (Å²) in [6, 6.07) is 14.6. The highest BCUT2D eigenvalue weighted by molar-refractivity contribution is 5.94. The molecule has 1 aliphatic rings. The van der Waals surface area contributed by atoms with E-state index in [0.717, 1.165) is 35.2 Å². The number of carbonyl (C=O) groups excluding carboxylic acids is 1. The van der Waals surface area contributed by atoms with Gasteiger partial charge in [-0.2, -0.15) is 0 Å². The highest BCUT2D eigenvalue weighted by Gasteiger charge is 2.36. The first-order valence-corrected chi connectivity index (χ1v) is 9.33. The second-order valence-electron chi connectivity index (χ2n) is 7.63. The molecule has 1 aromatic heterocycles. The molecule has 1 amide bonds. The Morgan fingerprint density at radius 3 is 2.37 bits per heavy atom. The summed E-state index contributed by atoms with van der Waals surface area (Å²) in [4.78, 5) is 20.7. The van der Waals surface area contributed by atoms with E-state index in [1.807, 2.05) is 43.1 Å². The van der Waals surface area contributed by atoms with Gasteiger partial charge in [-0.25, -0.2) is 4.39 Å². The van der Waals surface area contributed by atoms with E-state index in [9.17, 15) is 9.18 Å². The Bertz CT molecular complexity index is 953. The molecule has 140 valence electrons. The number of nitrogens with one attached hydrogen (secondary N) is 1. The third-order valence-corrected chi connectivity index (χ3v) is 5.56. The Balaban J connectivity index is 1.49. The van der Waals surface area contributed by atoms with E-state index in [1.54, 1.807) is 12.1 Å². The molecule has 0 aliphatic carbocycles. The van der Waals surface area contributed by atoms with Crippen molar-refractivity contribution in [3.05, 3.63) is 66.1 Å². The smallest absolute Gasteiger partial charge is 0.232 e. The molecule has 0 saturated carbocycles. The van der Waals surface area contributed by atoms with Crippen LogP contribution in [0, 0.1) is 5.82 Å². The number of rotatable bonds is 3. The molecule has 27 heavy (non-hydrogen) atoms. The lowest BCUT2D eigenvalue weighted by Gasteiger charge is -2.39. The van der Waals surface area contributed by atoms with Gasteiger partial charge in [0, 0.05) is 49.0 Å². The van der Waals surface area contributed by atoms with Crippen LogP contribution in [0.25, 0.3) is 10.9 Å². The third kappa shape index (κ3) is 3.18. The van der Waals surface area contributed by atoms with Gasteiger partial charge >= 0.3 is 0 Å². The zero-order chi connectivity index (χ0) is 19.0. The Morgan fingerprint density at radius 1 is 1.00 bits per heavy atom. The molecule has 1 fully saturated rings. The van der Waals surface area contributed by atoms with Gasteiger partial charge in [0.1, 0.15) is 5.82 Å². The van der Waals surface area contributed by atoms with Crippen molar-refractivity contribution in [2.45, 2.75) is 19.3 Å². The number of H-pyrrole nitrogens is 1. The number of carbonyl (C=O) groups is 1. The van der Waals surface area contributed by atoms with Crippen LogP contribution in [0.1, 0.15) is 19.4 Å². The molecule has 3 aromatic rings. The topological polar surface area (TPSA) is 39.3 Å². The molecule has 0 bridgehead atoms. The van der Waals surface area contributed by atoms with Gasteiger partial charge in [0.25, 0.3) is 0 Å². The summed E-state index contributed by atoms with van der Waals surface area (Å²) < 4.78 is 13.1. The van der Waals surface area contributed by atoms with Gasteiger partial charge in [0.2, 0.25) is 5.91 Å². The summed E-state index contributed by atoms with van der Waals surface area (Å²) in [5, 5.41) is 1.10. The van der Waals surface area contributed by atoms with E-state index >= 15 is 0 Å². The number of aromatic nitrogens is 1. The fourth-order valence-corrected chi connectivity index (χ4v) is 3.92. The molecule has 2 heterocycles. The van der Waals surface area contributed by atoms with Crippen molar-refractivity contribution in [2.24, 2.45) is 0 Å². The quantitative estimate of drug-likeness (QED) is 0.764. The number of halogens is 1. The lowest BCUT2D eigenvalue weighted by Crippen LogP contribution is -2.53. The van der Waals surface area contributed by atoms with Crippen LogP contribution in [0.3, 0.4) is 0 Å². The average molecular weight is 365 g/mol. The van der Waals surface area contributed by atoms with Crippen molar-refractivity contribution in [3.8, 4) is 0 Å². The maximum atomic E-state index is 13.3. The lowest BCUT2D eigenvalue weighted by molar-refractivity contribution is -0.136. The number of hydrogen-bond acceptors (Lipinski definition) is 2. The molecule has 1 aliphatic heterocycles. The maximum Gasteiger partial charge on any atom is 0.232 e. The average Bonchev–Trinajstić information content (AvgIpc) is 3.13. The zero-order valence-corrected chi connectivity index (χ0v) is 15.7. The van der Waals surface area contributed by atoms with Gasteiger partial charge in [-0.3, -0.25) is 4.79 Å². The molecule has 0 spiro atoms. The first-order chi connectivity index (χ1) is 13.0. The predicted octanol–water partition coefficient (Wildman–Crippen LogP) is 3.93. The van der Waals surface area contributed by atoms with E-state index in [-0.39, 0.29) is 11.7 Å². The second-order valence-corrected chi connectivity index (χ2v) is 7.63. The third-order valence-electron chi connectivity index (χ3n) is 5.56. The van der Waals surface area contributed by atoms with E-state index in [0.29, 0.717) is 13.1 Å². The Hall–Kier alpha value is -2.82. The predicted molar refractivity (Wildman–Crippen MR) is 107 cm³/mol. The van der Waals surface area contributed by atoms with Crippen LogP contribution >= 0.6 is 0 Å². The minimum Gasteiger partial charge on any atom is -0.368 e. The molecular weight excluding hydrogens is 341 g/mol. The molecule has 2 aromatic carbocycles. The largest absolute Gasteiger partial charge is 0.368 e. The fourth-order valence-electron chi connectivity index (χ4n) is 3.92. The first-order valence-electron chi connectivity index (χ1n) is 9.33. The van der Waals surface area contributed by atoms with Crippen molar-refractivity contribution in [1.82, 2.24) is 9.88 Å². The van der Waals surface area contributed by atoms with Crippen LogP contribution in [0.5, 0.6) is 0 Å². The number of benzene rings is 2. The zero-order valence-electron chi connectivity index (χ0n) is 15.7. The summed E-state index contributed by atoms with van der Waals surface area (Å²) in [6.45, 7) is 6.83. The van der Waals surface area contributed by atoms with Crippen LogP contribution in [0.2, 0.25) is 0 Å². The number of fused-ring (bicyclic) bond motifs is 1. The summed E-state index contributed by atoms with van der Waals surface area (Å²) in [5.41, 5.74) is 2.48. The minimum absolute atomic E-state index is 0.144. The van der Waals surface area contributed by atoms with Crippen molar-refractivity contribution in [1.29, 1.82) is 0 Å². The van der Waals surface area contributed by atoms with Crippen molar-refractivity contribution in [2.75, 3.05) is 31.1 Å². The second kappa shape index (κ2) is 6.72. The number of amides is 1. The molecule has 0 radical (unpaired) electrons. The van der Waals surface area contributed by atoms with Crippen LogP contribution in [-0.4, -0.2) is 42.0 Å². The summed E-state index contributed by atoms with van der Waals surface area (Å²) in [5.74, 6) is -0.0842. The number of piperazine rings is 1. The summed E-state index contributed by atoms with van der Waals surface area (Å²) in [7, 11) is 0. The maximum absolute atomic E-state index is 13.3. The molecule has 4 rings (SSSR count). The SMILES string of the molecule is CC(C)(C(=O)N1CCN(c2ccc(F)cc2)CC1)c1c[nH]c2ccccc12. The molecule has 4 nitrogen and oxygen atoms in total. The Kier molecular flexibility index (Phi) is 4.38. The van der Waals surface area contributed by atoms with Gasteiger partial charge in [0.15, 0.2) is 0 Å². The Labute approximate surface area is 158 Å². The normalized spacial score (nSPS) is 15.4. The van der Waals surface area contributed by atoms with Crippen LogP contribution in [0.15, 0.2) is 54.7 Å². The fraction of sp³-hybridized carbons (Fsp3) is 0.318. The van der Waals surface area contributed by atoms with Crippen LogP contribution in [0.4, 0.5) is 10.1 Å². The Morgan fingerprint density at radius 2 is 1.67 bits per heavy atom. The monoisotopic (exact) mass is 365 g/mol. The highest BCUT2D eigenvalue weighted by Crippen LogP contribution is 2.32. The van der Waals surface area contributed by atoms with E-state index in [2.05, 4.69) is 16.0 Å². The highest BCUT2D eigenvalue weighted by atomic mass is 19.1. The number of hydrogen-bond donors (Lipinski definition) is 1. The standard InChI is InChI=1S/C22H24FN3O/c1-22(2,19-15-24-20-6-4-3-5-18(19)20)21(27)26-13-11-25(12-14-26)17-9-7-16(23)8-10-17/h3-10,15,24H,11-14H2,1-2H3. The number of anilines is 1. The molecule has 0 atom stereocenters. The van der Waals surface area contributed by atoms with Gasteiger partial charge in [-0.1, -0.05) is 18.2 Å². The van der Waals surface area contributed by atoms with Gasteiger partial charge in [-0.05, 0) is 49.7 Å². The number of nitrogens with zero attached hydrogens (tertiary/aromatic N) is 2. The minimum atomic E-state index is -0.600. The van der Waals surface area contributed by atoms with Crippen LogP contribution in [-0.2, 0) is 10.2 Å². The van der Waals surface area contributed by atoms with Gasteiger partial charge < -0.3 is 14.8 Å². The molecule has 1 N–H and O–H groups in total. The molecule has 5 heteroatoms. The van der Waals surface area contributed by atoms with E-state index < -0.39 is 5.41 Å². The lowest BCUT2D eigenvalue weighted by atomic mass is 9.82. The van der Waals surface area contributed by atoms with Gasteiger partial charge in [0.05, 0.1) is 5.41 Å². The van der Waals surface area contributed by atoms with Crippen LogP contribution < -0.4 is 4.90 Å². The van der Waals surface area contributed by atoms with Crippen molar-refractivity contribution < 1.29 is 9.18 Å². The van der Waals surface area contributed by atoms with Crippen molar-refractivity contribution >= 4 is 22.5 Å². The van der Waals surface area contributed by atoms with E-state index in [4.69, 9.17) is 0 Å². The summed E-state index contributed by atoms with van der Waals surface area (Å²) >= 11 is 0. The molecule has 0 unspecified atom stereocenters. The number of para-hydroxylation sites is 1. The van der Waals surface area contributed by atoms with Gasteiger partial charge in [-0.15, -0.1) is 0 Å². The molecular formula is C22H24FN3O. The van der Waals surface area contributed by atoms with E-state index in [1.165, 1.54) is 12.1 Å². The number of aromatic amines is 1. The summed E-state index contributed by atoms with van der Waals surface area (Å²) in [6.07, 6.45) is 1.96. The molecule has 1 saturated heterocycles.